The van der Waals surface area contributed by atoms with Crippen molar-refractivity contribution in [1.29, 1.82) is 5.26 Å². The number of thiophene rings is 1. The van der Waals surface area contributed by atoms with Crippen molar-refractivity contribution in [2.75, 3.05) is 18.2 Å². The van der Waals surface area contributed by atoms with Gasteiger partial charge in [0.1, 0.15) is 23.1 Å². The van der Waals surface area contributed by atoms with Crippen molar-refractivity contribution in [3.8, 4) is 17.5 Å². The van der Waals surface area contributed by atoms with Gasteiger partial charge in [-0.1, -0.05) is 23.9 Å². The van der Waals surface area contributed by atoms with Crippen LogP contribution in [0.4, 0.5) is 5.00 Å². The highest BCUT2D eigenvalue weighted by molar-refractivity contribution is 7.99. The van der Waals surface area contributed by atoms with Gasteiger partial charge in [-0.3, -0.25) is 9.36 Å². The van der Waals surface area contributed by atoms with Crippen molar-refractivity contribution in [2.24, 2.45) is 0 Å². The minimum Gasteiger partial charge on any atom is -0.495 e. The molecule has 0 atom stereocenters. The van der Waals surface area contributed by atoms with Gasteiger partial charge in [-0.05, 0) is 43.4 Å². The van der Waals surface area contributed by atoms with Gasteiger partial charge in [-0.15, -0.1) is 21.5 Å². The summed E-state index contributed by atoms with van der Waals surface area (Å²) in [7, 11) is 1.61. The summed E-state index contributed by atoms with van der Waals surface area (Å²) in [4.78, 5) is 13.8. The lowest BCUT2D eigenvalue weighted by Gasteiger charge is -2.10. The van der Waals surface area contributed by atoms with E-state index in [1.807, 2.05) is 24.3 Å². The number of nitriles is 1. The van der Waals surface area contributed by atoms with Gasteiger partial charge in [0, 0.05) is 4.88 Å². The SMILES string of the molecule is COc1ccccc1-n1cnnc1SCC(=O)Nc1sc2c(c1C#N)CCCC2. The average Bonchev–Trinajstić information content (AvgIpc) is 3.35. The molecule has 148 valence electrons. The number of anilines is 1. The maximum atomic E-state index is 12.5. The van der Waals surface area contributed by atoms with Crippen LogP contribution in [0.3, 0.4) is 0 Å². The molecule has 7 nitrogen and oxygen atoms in total. The number of ether oxygens (including phenoxy) is 1. The Morgan fingerprint density at radius 2 is 2.21 bits per heavy atom. The summed E-state index contributed by atoms with van der Waals surface area (Å²) in [5.41, 5.74) is 2.54. The number of methoxy groups -OCH3 is 1. The Labute approximate surface area is 176 Å². The maximum Gasteiger partial charge on any atom is 0.235 e. The largest absolute Gasteiger partial charge is 0.495 e. The zero-order valence-corrected chi connectivity index (χ0v) is 17.5. The van der Waals surface area contributed by atoms with E-state index < -0.39 is 0 Å². The molecule has 1 amide bonds. The lowest BCUT2D eigenvalue weighted by Crippen LogP contribution is -2.14. The number of carbonyl (C=O) groups is 1. The van der Waals surface area contributed by atoms with Crippen LogP contribution >= 0.6 is 23.1 Å². The van der Waals surface area contributed by atoms with Gasteiger partial charge >= 0.3 is 0 Å². The molecule has 1 aliphatic rings. The predicted molar refractivity (Wildman–Crippen MR) is 113 cm³/mol. The molecule has 29 heavy (non-hydrogen) atoms. The number of nitrogens with one attached hydrogen (secondary N) is 1. The minimum atomic E-state index is -0.167. The molecule has 0 unspecified atom stereocenters. The molecule has 1 aromatic carbocycles. The Kier molecular flexibility index (Phi) is 5.83. The summed E-state index contributed by atoms with van der Waals surface area (Å²) < 4.78 is 7.19. The van der Waals surface area contributed by atoms with E-state index in [9.17, 15) is 10.1 Å². The highest BCUT2D eigenvalue weighted by atomic mass is 32.2. The first-order chi connectivity index (χ1) is 14.2. The number of hydrogen-bond acceptors (Lipinski definition) is 7. The Morgan fingerprint density at radius 1 is 1.38 bits per heavy atom. The number of rotatable bonds is 6. The zero-order chi connectivity index (χ0) is 20.2. The Bertz CT molecular complexity index is 1080. The fraction of sp³-hybridized carbons (Fsp3) is 0.300. The Hall–Kier alpha value is -2.83. The van der Waals surface area contributed by atoms with Crippen LogP contribution in [0.1, 0.15) is 28.8 Å². The molecule has 0 saturated carbocycles. The van der Waals surface area contributed by atoms with Gasteiger partial charge in [-0.2, -0.15) is 5.26 Å². The van der Waals surface area contributed by atoms with Gasteiger partial charge in [0.25, 0.3) is 0 Å². The molecule has 4 rings (SSSR count). The number of hydrogen-bond donors (Lipinski definition) is 1. The van der Waals surface area contributed by atoms with E-state index in [0.717, 1.165) is 36.9 Å². The predicted octanol–water partition coefficient (Wildman–Crippen LogP) is 3.82. The number of nitrogens with zero attached hydrogens (tertiary/aromatic N) is 4. The second-order valence-corrected chi connectivity index (χ2v) is 8.57. The van der Waals surface area contributed by atoms with E-state index in [2.05, 4.69) is 21.6 Å². The fourth-order valence-corrected chi connectivity index (χ4v) is 5.36. The lowest BCUT2D eigenvalue weighted by molar-refractivity contribution is -0.113. The van der Waals surface area contributed by atoms with Crippen LogP contribution in [-0.2, 0) is 17.6 Å². The number of carbonyl (C=O) groups excluding carboxylic acids is 1. The van der Waals surface area contributed by atoms with Gasteiger partial charge < -0.3 is 10.1 Å². The maximum absolute atomic E-state index is 12.5. The second kappa shape index (κ2) is 8.68. The van der Waals surface area contributed by atoms with Gasteiger partial charge in [0.15, 0.2) is 5.16 Å². The first-order valence-electron chi connectivity index (χ1n) is 9.22. The molecule has 0 bridgehead atoms. The lowest BCUT2D eigenvalue weighted by atomic mass is 9.96. The number of benzene rings is 1. The zero-order valence-electron chi connectivity index (χ0n) is 15.8. The molecule has 1 aliphatic carbocycles. The molecule has 1 N–H and O–H groups in total. The third kappa shape index (κ3) is 3.99. The van der Waals surface area contributed by atoms with Crippen LogP contribution in [0.5, 0.6) is 5.75 Å². The number of para-hydroxylation sites is 2. The standard InChI is InChI=1S/C20H19N5O2S2/c1-27-16-8-4-3-7-15(16)25-12-22-24-20(25)28-11-18(26)23-19-14(10-21)13-6-2-5-9-17(13)29-19/h3-4,7-8,12H,2,5-6,9,11H2,1H3,(H,23,26). The third-order valence-electron chi connectivity index (χ3n) is 4.73. The second-order valence-electron chi connectivity index (χ2n) is 6.52. The monoisotopic (exact) mass is 425 g/mol. The number of thioether (sulfide) groups is 1. The van der Waals surface area contributed by atoms with Crippen molar-refractivity contribution in [3.63, 3.8) is 0 Å². The first-order valence-corrected chi connectivity index (χ1v) is 11.0. The summed E-state index contributed by atoms with van der Waals surface area (Å²) >= 11 is 2.82. The quantitative estimate of drug-likeness (QED) is 0.604. The van der Waals surface area contributed by atoms with Crippen LogP contribution in [-0.4, -0.2) is 33.5 Å². The topological polar surface area (TPSA) is 92.8 Å². The summed E-state index contributed by atoms with van der Waals surface area (Å²) in [5, 5.41) is 21.8. The van der Waals surface area contributed by atoms with Crippen LogP contribution in [0, 0.1) is 11.3 Å². The van der Waals surface area contributed by atoms with E-state index in [4.69, 9.17) is 4.74 Å². The van der Waals surface area contributed by atoms with Crippen LogP contribution in [0.15, 0.2) is 35.7 Å². The number of amides is 1. The molecule has 0 saturated heterocycles. The molecule has 0 radical (unpaired) electrons. The molecular formula is C20H19N5O2S2. The van der Waals surface area contributed by atoms with E-state index in [-0.39, 0.29) is 11.7 Å². The van der Waals surface area contributed by atoms with Crippen molar-refractivity contribution >= 4 is 34.0 Å². The van der Waals surface area contributed by atoms with E-state index >= 15 is 0 Å². The van der Waals surface area contributed by atoms with Crippen LogP contribution in [0.25, 0.3) is 5.69 Å². The Morgan fingerprint density at radius 3 is 3.03 bits per heavy atom. The average molecular weight is 426 g/mol. The molecule has 2 heterocycles. The first kappa shape index (κ1) is 19.5. The summed E-state index contributed by atoms with van der Waals surface area (Å²) in [6, 6.07) is 9.83. The highest BCUT2D eigenvalue weighted by Gasteiger charge is 2.22. The van der Waals surface area contributed by atoms with Crippen molar-refractivity contribution in [1.82, 2.24) is 14.8 Å². The van der Waals surface area contributed by atoms with E-state index in [1.54, 1.807) is 18.0 Å². The van der Waals surface area contributed by atoms with Crippen LogP contribution in [0.2, 0.25) is 0 Å². The molecule has 9 heteroatoms. The molecule has 2 aromatic heterocycles. The minimum absolute atomic E-state index is 0.167. The normalized spacial score (nSPS) is 12.8. The summed E-state index contributed by atoms with van der Waals surface area (Å²) in [6.07, 6.45) is 5.74. The Balaban J connectivity index is 1.46. The smallest absolute Gasteiger partial charge is 0.235 e. The van der Waals surface area contributed by atoms with E-state index in [1.165, 1.54) is 28.0 Å². The molecule has 3 aromatic rings. The van der Waals surface area contributed by atoms with Crippen molar-refractivity contribution in [2.45, 2.75) is 30.8 Å². The number of fused-ring (bicyclic) bond motifs is 1. The van der Waals surface area contributed by atoms with Gasteiger partial charge in [-0.25, -0.2) is 0 Å². The third-order valence-corrected chi connectivity index (χ3v) is 6.88. The molecule has 0 spiro atoms. The number of aryl methyl sites for hydroxylation is 1. The summed E-state index contributed by atoms with van der Waals surface area (Å²) in [5.74, 6) is 0.697. The van der Waals surface area contributed by atoms with Gasteiger partial charge in [0.2, 0.25) is 5.91 Å². The van der Waals surface area contributed by atoms with Crippen molar-refractivity contribution < 1.29 is 9.53 Å². The van der Waals surface area contributed by atoms with E-state index in [0.29, 0.717) is 21.5 Å². The highest BCUT2D eigenvalue weighted by Crippen LogP contribution is 2.37. The molecule has 0 fully saturated rings. The van der Waals surface area contributed by atoms with Crippen LogP contribution < -0.4 is 10.1 Å². The molecule has 0 aliphatic heterocycles. The van der Waals surface area contributed by atoms with Gasteiger partial charge in [0.05, 0.1) is 24.1 Å². The number of aromatic nitrogens is 3. The van der Waals surface area contributed by atoms with Crippen molar-refractivity contribution in [3.05, 3.63) is 46.6 Å². The summed E-state index contributed by atoms with van der Waals surface area (Å²) in [6.45, 7) is 0. The molecular weight excluding hydrogens is 406 g/mol. The fourth-order valence-electron chi connectivity index (χ4n) is 3.38.